The molecule has 0 atom stereocenters. The maximum absolute atomic E-state index is 6.39. The fraction of sp³-hybridized carbons (Fsp3) is 0. The number of rotatable bonds is 7. The summed E-state index contributed by atoms with van der Waals surface area (Å²) in [4.78, 5) is 7.36. The number of para-hydroxylation sites is 5. The van der Waals surface area contributed by atoms with Crippen LogP contribution in [0.3, 0.4) is 0 Å². The third-order valence-electron chi connectivity index (χ3n) is 10.0. The summed E-state index contributed by atoms with van der Waals surface area (Å²) in [6, 6.07) is 70.5. The first kappa shape index (κ1) is 30.6. The molecule has 4 nitrogen and oxygen atoms in total. The molecule has 0 saturated carbocycles. The summed E-state index contributed by atoms with van der Waals surface area (Å²) in [5.74, 6) is 0.614. The molecule has 2 aromatic heterocycles. The van der Waals surface area contributed by atoms with Gasteiger partial charge in [0.15, 0.2) is 5.58 Å². The summed E-state index contributed by atoms with van der Waals surface area (Å²) in [5.41, 5.74) is 13.7. The van der Waals surface area contributed by atoms with E-state index in [2.05, 4.69) is 185 Å². The van der Waals surface area contributed by atoms with Crippen molar-refractivity contribution in [3.63, 3.8) is 0 Å². The lowest BCUT2D eigenvalue weighted by molar-refractivity contribution is 0.620. The predicted molar refractivity (Wildman–Crippen MR) is 219 cm³/mol. The summed E-state index contributed by atoms with van der Waals surface area (Å²) in [6.45, 7) is 0. The largest absolute Gasteiger partial charge is 0.436 e. The molecule has 0 aliphatic heterocycles. The van der Waals surface area contributed by atoms with Gasteiger partial charge in [0.05, 0.1) is 22.4 Å². The molecule has 10 rings (SSSR count). The van der Waals surface area contributed by atoms with Crippen molar-refractivity contribution in [2.45, 2.75) is 0 Å². The first-order chi connectivity index (χ1) is 26.3. The number of aromatic nitrogens is 2. The van der Waals surface area contributed by atoms with E-state index in [4.69, 9.17) is 9.40 Å². The van der Waals surface area contributed by atoms with E-state index >= 15 is 0 Å². The van der Waals surface area contributed by atoms with Gasteiger partial charge in [0.1, 0.15) is 5.52 Å². The zero-order valence-electron chi connectivity index (χ0n) is 28.8. The third-order valence-corrected chi connectivity index (χ3v) is 10.0. The van der Waals surface area contributed by atoms with Crippen LogP contribution >= 0.6 is 0 Å². The standard InChI is InChI=1S/C49H33N3O/c1-4-17-34(18-5-1)38-23-10-13-27-43(38)52(44-28-14-11-24-39(44)35-19-6-2-7-20-35)37-31-32-40-46(33-37)51(36-21-8-3-9-22-36)45-29-16-25-41(48(40)45)49-50-42-26-12-15-30-47(42)53-49/h1-33H. The first-order valence-electron chi connectivity index (χ1n) is 17.9. The van der Waals surface area contributed by atoms with E-state index in [9.17, 15) is 0 Å². The molecule has 0 bridgehead atoms. The van der Waals surface area contributed by atoms with E-state index in [1.54, 1.807) is 0 Å². The minimum Gasteiger partial charge on any atom is -0.436 e. The molecular formula is C49H33N3O. The number of benzene rings is 8. The maximum Gasteiger partial charge on any atom is 0.228 e. The van der Waals surface area contributed by atoms with Gasteiger partial charge in [-0.1, -0.05) is 140 Å². The Bertz CT molecular complexity index is 2780. The second-order valence-corrected chi connectivity index (χ2v) is 13.2. The lowest BCUT2D eigenvalue weighted by atomic mass is 9.98. The molecule has 0 N–H and O–H groups in total. The SMILES string of the molecule is c1ccc(-c2ccccc2N(c2ccc3c4c(-c5nc6ccccc6o5)cccc4n(-c4ccccc4)c3c2)c2ccccc2-c2ccccc2)cc1. The van der Waals surface area contributed by atoms with Crippen molar-refractivity contribution in [1.29, 1.82) is 0 Å². The van der Waals surface area contributed by atoms with Crippen LogP contribution in [0.5, 0.6) is 0 Å². The van der Waals surface area contributed by atoms with Gasteiger partial charge in [0.2, 0.25) is 5.89 Å². The Morgan fingerprint density at radius 1 is 0.453 bits per heavy atom. The van der Waals surface area contributed by atoms with Crippen LogP contribution in [0.25, 0.3) is 72.3 Å². The second-order valence-electron chi connectivity index (χ2n) is 13.2. The molecule has 0 fully saturated rings. The first-order valence-corrected chi connectivity index (χ1v) is 17.9. The normalized spacial score (nSPS) is 11.4. The third kappa shape index (κ3) is 5.28. The number of nitrogens with zero attached hydrogens (tertiary/aromatic N) is 3. The number of hydrogen-bond donors (Lipinski definition) is 0. The Hall–Kier alpha value is -7.17. The average Bonchev–Trinajstić information content (AvgIpc) is 3.82. The molecule has 0 amide bonds. The maximum atomic E-state index is 6.39. The predicted octanol–water partition coefficient (Wildman–Crippen LogP) is 13.4. The van der Waals surface area contributed by atoms with E-state index in [1.807, 2.05) is 24.3 Å². The van der Waals surface area contributed by atoms with Crippen molar-refractivity contribution in [3.8, 4) is 39.4 Å². The van der Waals surface area contributed by atoms with E-state index in [-0.39, 0.29) is 0 Å². The van der Waals surface area contributed by atoms with Crippen LogP contribution in [0, 0.1) is 0 Å². The number of hydrogen-bond acceptors (Lipinski definition) is 3. The minimum atomic E-state index is 0.614. The van der Waals surface area contributed by atoms with Gasteiger partial charge in [-0.2, -0.15) is 0 Å². The molecule has 53 heavy (non-hydrogen) atoms. The van der Waals surface area contributed by atoms with Crippen LogP contribution < -0.4 is 4.90 Å². The molecule has 250 valence electrons. The molecule has 2 heterocycles. The van der Waals surface area contributed by atoms with Crippen LogP contribution in [0.1, 0.15) is 0 Å². The van der Waals surface area contributed by atoms with Crippen molar-refractivity contribution < 1.29 is 4.42 Å². The van der Waals surface area contributed by atoms with Crippen LogP contribution in [0.4, 0.5) is 17.1 Å². The van der Waals surface area contributed by atoms with Crippen LogP contribution in [-0.4, -0.2) is 9.55 Å². The van der Waals surface area contributed by atoms with E-state index in [0.717, 1.165) is 83.5 Å². The van der Waals surface area contributed by atoms with E-state index < -0.39 is 0 Å². The number of anilines is 3. The Morgan fingerprint density at radius 2 is 1.02 bits per heavy atom. The zero-order valence-corrected chi connectivity index (χ0v) is 28.8. The molecule has 0 aliphatic carbocycles. The van der Waals surface area contributed by atoms with Crippen molar-refractivity contribution >= 4 is 50.0 Å². The molecule has 10 aromatic rings. The highest BCUT2D eigenvalue weighted by molar-refractivity contribution is 6.16. The summed E-state index contributed by atoms with van der Waals surface area (Å²) in [6.07, 6.45) is 0. The minimum absolute atomic E-state index is 0.614. The number of oxazole rings is 1. The quantitative estimate of drug-likeness (QED) is 0.168. The number of fused-ring (bicyclic) bond motifs is 4. The van der Waals surface area contributed by atoms with Crippen molar-refractivity contribution in [1.82, 2.24) is 9.55 Å². The van der Waals surface area contributed by atoms with Gasteiger partial charge in [-0.25, -0.2) is 4.98 Å². The van der Waals surface area contributed by atoms with E-state index in [1.165, 1.54) is 0 Å². The molecule has 0 aliphatic rings. The van der Waals surface area contributed by atoms with Crippen molar-refractivity contribution in [2.75, 3.05) is 4.90 Å². The fourth-order valence-corrected chi connectivity index (χ4v) is 7.68. The van der Waals surface area contributed by atoms with Gasteiger partial charge < -0.3 is 13.9 Å². The van der Waals surface area contributed by atoms with Gasteiger partial charge in [0, 0.05) is 38.8 Å². The Kier molecular flexibility index (Phi) is 7.43. The van der Waals surface area contributed by atoms with Crippen molar-refractivity contribution in [3.05, 3.63) is 200 Å². The van der Waals surface area contributed by atoms with Gasteiger partial charge in [-0.3, -0.25) is 0 Å². The molecule has 0 unspecified atom stereocenters. The summed E-state index contributed by atoms with van der Waals surface area (Å²) in [7, 11) is 0. The molecule has 8 aromatic carbocycles. The van der Waals surface area contributed by atoms with Crippen molar-refractivity contribution in [2.24, 2.45) is 0 Å². The highest BCUT2D eigenvalue weighted by atomic mass is 16.3. The molecule has 4 heteroatoms. The summed E-state index contributed by atoms with van der Waals surface area (Å²) in [5, 5.41) is 2.23. The van der Waals surface area contributed by atoms with Gasteiger partial charge in [-0.15, -0.1) is 0 Å². The molecule has 0 saturated heterocycles. The second kappa shape index (κ2) is 12.9. The van der Waals surface area contributed by atoms with Crippen LogP contribution in [0.2, 0.25) is 0 Å². The molecular weight excluding hydrogens is 647 g/mol. The Labute approximate surface area is 307 Å². The fourth-order valence-electron chi connectivity index (χ4n) is 7.68. The van der Waals surface area contributed by atoms with Crippen LogP contribution in [-0.2, 0) is 0 Å². The molecule has 0 radical (unpaired) electrons. The average molecular weight is 680 g/mol. The topological polar surface area (TPSA) is 34.2 Å². The highest BCUT2D eigenvalue weighted by Crippen LogP contribution is 2.47. The highest BCUT2D eigenvalue weighted by Gasteiger charge is 2.24. The van der Waals surface area contributed by atoms with Crippen LogP contribution in [0.15, 0.2) is 205 Å². The lowest BCUT2D eigenvalue weighted by Crippen LogP contribution is -2.12. The Balaban J connectivity index is 1.27. The Morgan fingerprint density at radius 3 is 1.68 bits per heavy atom. The monoisotopic (exact) mass is 679 g/mol. The summed E-state index contributed by atoms with van der Waals surface area (Å²) < 4.78 is 8.75. The zero-order chi connectivity index (χ0) is 35.1. The van der Waals surface area contributed by atoms with Gasteiger partial charge in [0.25, 0.3) is 0 Å². The summed E-state index contributed by atoms with van der Waals surface area (Å²) >= 11 is 0. The van der Waals surface area contributed by atoms with Gasteiger partial charge >= 0.3 is 0 Å². The van der Waals surface area contributed by atoms with E-state index in [0.29, 0.717) is 5.89 Å². The van der Waals surface area contributed by atoms with Gasteiger partial charge in [-0.05, 0) is 71.8 Å². The smallest absolute Gasteiger partial charge is 0.228 e. The molecule has 0 spiro atoms. The lowest BCUT2D eigenvalue weighted by Gasteiger charge is -2.30.